The Kier molecular flexibility index (Phi) is 9.57. The smallest absolute Gasteiger partial charge is 0.301 e. The molecule has 0 bridgehead atoms. The number of nitrogens with zero attached hydrogens (tertiary/aromatic N) is 8. The molecular formula is C42H46ClF2N11O4. The van der Waals surface area contributed by atoms with E-state index < -0.39 is 30.0 Å². The van der Waals surface area contributed by atoms with Crippen molar-refractivity contribution in [1.82, 2.24) is 34.5 Å². The van der Waals surface area contributed by atoms with Gasteiger partial charge in [0.25, 0.3) is 5.56 Å². The Balaban J connectivity index is 0.784. The molecule has 3 saturated heterocycles. The molecular weight excluding hydrogens is 796 g/mol. The van der Waals surface area contributed by atoms with E-state index in [0.717, 1.165) is 74.5 Å². The monoisotopic (exact) mass is 841 g/mol. The lowest BCUT2D eigenvalue weighted by atomic mass is 9.93. The van der Waals surface area contributed by atoms with Crippen molar-refractivity contribution >= 4 is 74.0 Å². The van der Waals surface area contributed by atoms with Gasteiger partial charge in [-0.05, 0) is 73.9 Å². The van der Waals surface area contributed by atoms with Crippen LogP contribution in [0.25, 0.3) is 21.8 Å². The number of fused-ring (bicyclic) bond motifs is 4. The molecule has 3 atom stereocenters. The van der Waals surface area contributed by atoms with Crippen LogP contribution in [0, 0.1) is 11.8 Å². The van der Waals surface area contributed by atoms with Crippen LogP contribution >= 0.6 is 11.6 Å². The van der Waals surface area contributed by atoms with E-state index >= 15 is 8.78 Å². The largest absolute Gasteiger partial charge is 0.480 e. The number of pyridine rings is 1. The predicted molar refractivity (Wildman–Crippen MR) is 225 cm³/mol. The van der Waals surface area contributed by atoms with Crippen LogP contribution < -0.4 is 36.0 Å². The molecule has 2 aromatic carbocycles. The number of rotatable bonds is 8. The Morgan fingerprint density at radius 2 is 1.77 bits per heavy atom. The lowest BCUT2D eigenvalue weighted by Crippen LogP contribution is -2.48. The highest BCUT2D eigenvalue weighted by atomic mass is 35.5. The maximum absolute atomic E-state index is 15.2. The molecule has 1 unspecified atom stereocenters. The number of halogens is 3. The Hall–Kier alpha value is -5.55. The molecule has 10 rings (SSSR count). The molecule has 5 aliphatic rings. The predicted octanol–water partition coefficient (Wildman–Crippen LogP) is 5.00. The van der Waals surface area contributed by atoms with Gasteiger partial charge in [0.15, 0.2) is 12.4 Å². The lowest BCUT2D eigenvalue weighted by molar-refractivity contribution is -0.134. The van der Waals surface area contributed by atoms with Crippen LogP contribution in [-0.4, -0.2) is 105 Å². The molecule has 314 valence electrons. The molecule has 4 aliphatic heterocycles. The van der Waals surface area contributed by atoms with Crippen molar-refractivity contribution in [2.75, 3.05) is 72.9 Å². The number of aromatic nitrogens is 5. The van der Waals surface area contributed by atoms with Gasteiger partial charge in [-0.2, -0.15) is 10.1 Å². The summed E-state index contributed by atoms with van der Waals surface area (Å²) < 4.78 is 39.1. The van der Waals surface area contributed by atoms with Crippen molar-refractivity contribution in [1.29, 1.82) is 0 Å². The molecule has 18 heteroatoms. The van der Waals surface area contributed by atoms with E-state index in [0.29, 0.717) is 65.0 Å². The number of piperidine rings is 1. The summed E-state index contributed by atoms with van der Waals surface area (Å²) >= 11 is 6.62. The number of benzene rings is 2. The molecule has 1 saturated carbocycles. The van der Waals surface area contributed by atoms with Gasteiger partial charge in [-0.15, -0.1) is 0 Å². The maximum Gasteiger partial charge on any atom is 0.301 e. The maximum atomic E-state index is 15.2. The van der Waals surface area contributed by atoms with Crippen LogP contribution in [0.4, 0.5) is 37.6 Å². The summed E-state index contributed by atoms with van der Waals surface area (Å²) in [7, 11) is 3.50. The number of piperazine rings is 1. The van der Waals surface area contributed by atoms with Crippen LogP contribution in [0.2, 0.25) is 5.02 Å². The number of ether oxygens (including phenoxy) is 1. The topological polar surface area (TPSA) is 155 Å². The van der Waals surface area contributed by atoms with Gasteiger partial charge in [0.05, 0.1) is 40.6 Å². The Morgan fingerprint density at radius 1 is 0.950 bits per heavy atom. The summed E-state index contributed by atoms with van der Waals surface area (Å²) in [6.07, 6.45) is 4.86. The number of carbonyl (C=O) groups excluding carboxylic acids is 2. The first-order valence-electron chi connectivity index (χ1n) is 20.7. The first-order chi connectivity index (χ1) is 28.9. The molecule has 3 aromatic heterocycles. The minimum absolute atomic E-state index is 0.108. The van der Waals surface area contributed by atoms with E-state index in [4.69, 9.17) is 26.4 Å². The Labute approximate surface area is 349 Å². The molecule has 3 N–H and O–H groups in total. The minimum Gasteiger partial charge on any atom is -0.480 e. The van der Waals surface area contributed by atoms with E-state index in [2.05, 4.69) is 53.8 Å². The number of carbonyl (C=O) groups is 2. The van der Waals surface area contributed by atoms with E-state index in [-0.39, 0.29) is 29.2 Å². The van der Waals surface area contributed by atoms with E-state index in [9.17, 15) is 14.4 Å². The third-order valence-electron chi connectivity index (χ3n) is 12.9. The van der Waals surface area contributed by atoms with Crippen LogP contribution in [0.15, 0.2) is 47.4 Å². The molecule has 0 radical (unpaired) electrons. The lowest BCUT2D eigenvalue weighted by Gasteiger charge is -2.36. The summed E-state index contributed by atoms with van der Waals surface area (Å²) in [5.74, 6) is -2.88. The van der Waals surface area contributed by atoms with Gasteiger partial charge in [-0.1, -0.05) is 11.6 Å². The van der Waals surface area contributed by atoms with Gasteiger partial charge in [0, 0.05) is 88.5 Å². The number of alkyl halides is 2. The van der Waals surface area contributed by atoms with Crippen molar-refractivity contribution in [3.63, 3.8) is 0 Å². The summed E-state index contributed by atoms with van der Waals surface area (Å²) in [6.45, 7) is 5.26. The standard InChI is InChI=1S/C42H46ClF2N11O4/c1-52-31-9-5-25(17-29(31)35-36(40(52)59)60-22-42(44,45)37(49-35)24-3-4-24)47-38-30(43)19-46-41(50-38)55-15-13-54(14-16-55)20-23-11-12-56(21-23)26-6-7-27-32(18-26)53(2)51-34(27)28-8-10-33(57)48-39(28)58/h5-7,9,17-19,23-24,28,37,49H,3-4,8,10-16,20-22H2,1-2H3,(H,46,47,50)(H,48,57,58)/t23-,28?,37-/m0/s1. The normalized spacial score (nSPS) is 23.3. The number of hydrogen-bond acceptors (Lipinski definition) is 12. The van der Waals surface area contributed by atoms with Crippen LogP contribution in [0.1, 0.15) is 43.7 Å². The minimum atomic E-state index is -3.13. The molecule has 4 fully saturated rings. The third kappa shape index (κ3) is 7.04. The summed E-state index contributed by atoms with van der Waals surface area (Å²) in [6, 6.07) is 10.6. The fraction of sp³-hybridized carbons (Fsp3) is 0.476. The summed E-state index contributed by atoms with van der Waals surface area (Å²) in [4.78, 5) is 54.0. The SMILES string of the molecule is Cn1nc(C2CCC(=O)NC2=O)c2ccc(N3CC[C@@H](CN4CCN(c5ncc(Cl)c(Nc6ccc7c(c6)c6c(c(=O)n7C)OCC(F)(F)[C@H](C7CC7)N6)n5)CC4)C3)cc21. The first kappa shape index (κ1) is 38.6. The zero-order valence-corrected chi connectivity index (χ0v) is 34.1. The van der Waals surface area contributed by atoms with Crippen molar-refractivity contribution in [3.05, 3.63) is 63.7 Å². The average Bonchev–Trinajstić information content (AvgIpc) is 3.91. The second kappa shape index (κ2) is 14.9. The van der Waals surface area contributed by atoms with Crippen molar-refractivity contribution in [2.45, 2.75) is 50.0 Å². The second-order valence-corrected chi connectivity index (χ2v) is 17.3. The molecule has 7 heterocycles. The Bertz CT molecular complexity index is 2610. The molecule has 0 spiro atoms. The fourth-order valence-electron chi connectivity index (χ4n) is 9.41. The molecule has 15 nitrogen and oxygen atoms in total. The highest BCUT2D eigenvalue weighted by molar-refractivity contribution is 6.33. The number of aryl methyl sites for hydroxylation is 2. The summed E-state index contributed by atoms with van der Waals surface area (Å²) in [5.41, 5.74) is 3.82. The zero-order chi connectivity index (χ0) is 41.4. The zero-order valence-electron chi connectivity index (χ0n) is 33.4. The van der Waals surface area contributed by atoms with Gasteiger partial charge >= 0.3 is 5.92 Å². The van der Waals surface area contributed by atoms with Gasteiger partial charge in [-0.3, -0.25) is 29.3 Å². The second-order valence-electron chi connectivity index (χ2n) is 16.9. The van der Waals surface area contributed by atoms with Crippen molar-refractivity contribution in [3.8, 4) is 5.75 Å². The van der Waals surface area contributed by atoms with Gasteiger partial charge in [0.1, 0.15) is 5.02 Å². The number of amides is 2. The first-order valence-corrected chi connectivity index (χ1v) is 21.0. The van der Waals surface area contributed by atoms with Crippen LogP contribution in [0.5, 0.6) is 5.75 Å². The highest BCUT2D eigenvalue weighted by Gasteiger charge is 2.51. The quantitative estimate of drug-likeness (QED) is 0.180. The van der Waals surface area contributed by atoms with E-state index in [1.807, 2.05) is 11.7 Å². The third-order valence-corrected chi connectivity index (χ3v) is 13.1. The molecule has 1 aliphatic carbocycles. The highest BCUT2D eigenvalue weighted by Crippen LogP contribution is 2.46. The van der Waals surface area contributed by atoms with Crippen LogP contribution in [0.3, 0.4) is 0 Å². The van der Waals surface area contributed by atoms with Gasteiger partial charge in [0.2, 0.25) is 23.5 Å². The molecule has 5 aromatic rings. The molecule has 2 amide bonds. The molecule has 60 heavy (non-hydrogen) atoms. The van der Waals surface area contributed by atoms with Crippen molar-refractivity contribution in [2.24, 2.45) is 25.9 Å². The van der Waals surface area contributed by atoms with Gasteiger partial charge in [-0.25, -0.2) is 13.8 Å². The van der Waals surface area contributed by atoms with E-state index in [1.54, 1.807) is 31.4 Å². The van der Waals surface area contributed by atoms with E-state index in [1.165, 1.54) is 4.57 Å². The number of anilines is 5. The fourth-order valence-corrected chi connectivity index (χ4v) is 9.55. The Morgan fingerprint density at radius 3 is 2.55 bits per heavy atom. The average molecular weight is 842 g/mol. The van der Waals surface area contributed by atoms with Gasteiger partial charge < -0.3 is 29.7 Å². The number of imide groups is 1. The summed E-state index contributed by atoms with van der Waals surface area (Å²) in [5, 5.41) is 15.4. The van der Waals surface area contributed by atoms with Crippen molar-refractivity contribution < 1.29 is 23.1 Å². The number of nitrogens with one attached hydrogen (secondary N) is 3. The van der Waals surface area contributed by atoms with Crippen LogP contribution in [-0.2, 0) is 23.7 Å². The number of hydrogen-bond donors (Lipinski definition) is 3.